The number of hydrogen-bond acceptors (Lipinski definition) is 5. The zero-order valence-electron chi connectivity index (χ0n) is 16.8. The third-order valence-electron chi connectivity index (χ3n) is 5.79. The van der Waals surface area contributed by atoms with E-state index < -0.39 is 9.84 Å². The molecule has 2 heterocycles. The van der Waals surface area contributed by atoms with Crippen molar-refractivity contribution in [3.63, 3.8) is 0 Å². The number of aryl methyl sites for hydroxylation is 1. The molecule has 6 nitrogen and oxygen atoms in total. The molecule has 0 amide bonds. The lowest BCUT2D eigenvalue weighted by molar-refractivity contribution is 0.121. The molecule has 0 atom stereocenters. The molecule has 2 N–H and O–H groups in total. The molecule has 2 aliphatic rings. The number of hydrogen-bond donors (Lipinski definition) is 2. The van der Waals surface area contributed by atoms with Crippen molar-refractivity contribution in [3.05, 3.63) is 35.5 Å². The second-order valence-electron chi connectivity index (χ2n) is 9.06. The van der Waals surface area contributed by atoms with Crippen LogP contribution in [0.1, 0.15) is 63.6 Å². The van der Waals surface area contributed by atoms with Gasteiger partial charge in [-0.3, -0.25) is 0 Å². The van der Waals surface area contributed by atoms with Crippen LogP contribution in [0.25, 0.3) is 0 Å². The van der Waals surface area contributed by atoms with Gasteiger partial charge in [-0.25, -0.2) is 13.1 Å². The SMILES string of the molecule is CC(C)(C)n1nc(C2CCC(O)CC2)cc1Nc1ccc2c(c1)CCS2(=O)=O. The van der Waals surface area contributed by atoms with Crippen LogP contribution in [0.5, 0.6) is 0 Å². The summed E-state index contributed by atoms with van der Waals surface area (Å²) in [4.78, 5) is 0.462. The maximum atomic E-state index is 12.1. The van der Waals surface area contributed by atoms with Crippen LogP contribution in [0.4, 0.5) is 11.5 Å². The van der Waals surface area contributed by atoms with Gasteiger partial charge in [0.2, 0.25) is 0 Å². The Morgan fingerprint density at radius 2 is 1.86 bits per heavy atom. The van der Waals surface area contributed by atoms with E-state index in [2.05, 4.69) is 32.2 Å². The zero-order valence-corrected chi connectivity index (χ0v) is 17.6. The number of nitrogens with zero attached hydrogens (tertiary/aromatic N) is 2. The number of fused-ring (bicyclic) bond motifs is 1. The first-order valence-electron chi connectivity index (χ1n) is 10.0. The fourth-order valence-electron chi connectivity index (χ4n) is 4.23. The van der Waals surface area contributed by atoms with Gasteiger partial charge in [0.1, 0.15) is 5.82 Å². The fraction of sp³-hybridized carbons (Fsp3) is 0.571. The predicted octanol–water partition coefficient (Wildman–Crippen LogP) is 3.73. The molecular weight excluding hydrogens is 374 g/mol. The summed E-state index contributed by atoms with van der Waals surface area (Å²) in [5.74, 6) is 1.48. The molecule has 1 saturated carbocycles. The number of anilines is 2. The second kappa shape index (κ2) is 6.88. The highest BCUT2D eigenvalue weighted by Gasteiger charge is 2.28. The molecule has 152 valence electrons. The van der Waals surface area contributed by atoms with Crippen LogP contribution in [0, 0.1) is 0 Å². The molecule has 1 aliphatic heterocycles. The molecule has 1 aromatic carbocycles. The highest BCUT2D eigenvalue weighted by Crippen LogP contribution is 2.36. The number of nitrogens with one attached hydrogen (secondary N) is 1. The Labute approximate surface area is 166 Å². The summed E-state index contributed by atoms with van der Waals surface area (Å²) in [6.45, 7) is 6.36. The Hall–Kier alpha value is -1.86. The number of aromatic nitrogens is 2. The van der Waals surface area contributed by atoms with Crippen LogP contribution < -0.4 is 5.32 Å². The van der Waals surface area contributed by atoms with E-state index in [0.29, 0.717) is 17.2 Å². The van der Waals surface area contributed by atoms with E-state index in [-0.39, 0.29) is 17.4 Å². The first-order valence-corrected chi connectivity index (χ1v) is 11.7. The summed E-state index contributed by atoms with van der Waals surface area (Å²) in [7, 11) is -3.11. The van der Waals surface area contributed by atoms with E-state index >= 15 is 0 Å². The van der Waals surface area contributed by atoms with Crippen LogP contribution in [0.3, 0.4) is 0 Å². The van der Waals surface area contributed by atoms with Crippen LogP contribution in [-0.4, -0.2) is 35.2 Å². The largest absolute Gasteiger partial charge is 0.393 e. The van der Waals surface area contributed by atoms with Crippen molar-refractivity contribution in [1.29, 1.82) is 0 Å². The molecule has 28 heavy (non-hydrogen) atoms. The highest BCUT2D eigenvalue weighted by atomic mass is 32.2. The lowest BCUT2D eigenvalue weighted by Crippen LogP contribution is -2.25. The van der Waals surface area contributed by atoms with E-state index in [1.54, 1.807) is 6.07 Å². The van der Waals surface area contributed by atoms with Crippen molar-refractivity contribution in [2.24, 2.45) is 0 Å². The highest BCUT2D eigenvalue weighted by molar-refractivity contribution is 7.91. The predicted molar refractivity (Wildman–Crippen MR) is 110 cm³/mol. The molecule has 0 spiro atoms. The van der Waals surface area contributed by atoms with Gasteiger partial charge in [0.05, 0.1) is 28.0 Å². The Morgan fingerprint density at radius 1 is 1.14 bits per heavy atom. The van der Waals surface area contributed by atoms with Gasteiger partial charge in [-0.1, -0.05) is 0 Å². The van der Waals surface area contributed by atoms with Crippen LogP contribution in [0.2, 0.25) is 0 Å². The van der Waals surface area contributed by atoms with Gasteiger partial charge >= 0.3 is 0 Å². The van der Waals surface area contributed by atoms with Gasteiger partial charge in [0, 0.05) is 17.7 Å². The van der Waals surface area contributed by atoms with Crippen LogP contribution in [0.15, 0.2) is 29.2 Å². The summed E-state index contributed by atoms with van der Waals surface area (Å²) < 4.78 is 26.1. The normalized spacial score (nSPS) is 24.1. The summed E-state index contributed by atoms with van der Waals surface area (Å²) in [5.41, 5.74) is 2.64. The van der Waals surface area contributed by atoms with Gasteiger partial charge < -0.3 is 10.4 Å². The third kappa shape index (κ3) is 3.70. The number of aliphatic hydroxyl groups excluding tert-OH is 1. The number of rotatable bonds is 3. The van der Waals surface area contributed by atoms with Gasteiger partial charge in [-0.15, -0.1) is 0 Å². The third-order valence-corrected chi connectivity index (χ3v) is 7.60. The van der Waals surface area contributed by atoms with Crippen molar-refractivity contribution in [3.8, 4) is 0 Å². The number of aliphatic hydroxyl groups is 1. The molecule has 4 rings (SSSR count). The average molecular weight is 404 g/mol. The second-order valence-corrected chi connectivity index (χ2v) is 11.1. The van der Waals surface area contributed by atoms with Crippen molar-refractivity contribution < 1.29 is 13.5 Å². The average Bonchev–Trinajstić information content (AvgIpc) is 3.17. The Bertz CT molecular complexity index is 981. The van der Waals surface area contributed by atoms with Gasteiger partial charge in [-0.2, -0.15) is 5.10 Å². The topological polar surface area (TPSA) is 84.2 Å². The summed E-state index contributed by atoms with van der Waals surface area (Å²) >= 11 is 0. The van der Waals surface area contributed by atoms with Crippen molar-refractivity contribution in [2.45, 2.75) is 75.3 Å². The summed E-state index contributed by atoms with van der Waals surface area (Å²) in [5, 5.41) is 18.1. The quantitative estimate of drug-likeness (QED) is 0.816. The first-order chi connectivity index (χ1) is 13.1. The molecule has 7 heteroatoms. The van der Waals surface area contributed by atoms with Crippen LogP contribution >= 0.6 is 0 Å². The molecule has 0 saturated heterocycles. The van der Waals surface area contributed by atoms with Gasteiger partial charge in [-0.05, 0) is 76.6 Å². The van der Waals surface area contributed by atoms with Gasteiger partial charge in [0.25, 0.3) is 0 Å². The monoisotopic (exact) mass is 403 g/mol. The molecular formula is C21H29N3O3S. The Kier molecular flexibility index (Phi) is 4.78. The first kappa shape index (κ1) is 19.5. The zero-order chi connectivity index (χ0) is 20.1. The molecule has 1 aliphatic carbocycles. The number of benzene rings is 1. The van der Waals surface area contributed by atoms with Crippen molar-refractivity contribution in [1.82, 2.24) is 9.78 Å². The smallest absolute Gasteiger partial charge is 0.178 e. The van der Waals surface area contributed by atoms with E-state index in [4.69, 9.17) is 5.10 Å². The molecule has 0 bridgehead atoms. The van der Waals surface area contributed by atoms with Crippen molar-refractivity contribution in [2.75, 3.05) is 11.1 Å². The Morgan fingerprint density at radius 3 is 2.54 bits per heavy atom. The fourth-order valence-corrected chi connectivity index (χ4v) is 5.77. The minimum absolute atomic E-state index is 0.179. The maximum absolute atomic E-state index is 12.1. The van der Waals surface area contributed by atoms with E-state index in [0.717, 1.165) is 48.4 Å². The van der Waals surface area contributed by atoms with E-state index in [9.17, 15) is 13.5 Å². The summed E-state index contributed by atoms with van der Waals surface area (Å²) in [6.07, 6.45) is 3.96. The lowest BCUT2D eigenvalue weighted by atomic mass is 9.85. The maximum Gasteiger partial charge on any atom is 0.178 e. The molecule has 0 unspecified atom stereocenters. The van der Waals surface area contributed by atoms with E-state index in [1.807, 2.05) is 16.8 Å². The number of sulfone groups is 1. The minimum atomic E-state index is -3.11. The van der Waals surface area contributed by atoms with Crippen molar-refractivity contribution >= 4 is 21.3 Å². The van der Waals surface area contributed by atoms with Crippen LogP contribution in [-0.2, 0) is 21.8 Å². The standard InChI is InChI=1S/C21H29N3O3S/c1-21(2,3)24-20(13-18(23-24)14-4-7-17(25)8-5-14)22-16-6-9-19-15(12-16)10-11-28(19,26)27/h6,9,12-14,17,22,25H,4-5,7-8,10-11H2,1-3H3. The summed E-state index contributed by atoms with van der Waals surface area (Å²) in [6, 6.07) is 7.59. The van der Waals surface area contributed by atoms with Gasteiger partial charge in [0.15, 0.2) is 9.84 Å². The molecule has 1 fully saturated rings. The minimum Gasteiger partial charge on any atom is -0.393 e. The Balaban J connectivity index is 1.64. The molecule has 0 radical (unpaired) electrons. The lowest BCUT2D eigenvalue weighted by Gasteiger charge is -2.25. The van der Waals surface area contributed by atoms with E-state index in [1.165, 1.54) is 0 Å². The molecule has 1 aromatic heterocycles. The molecule has 2 aromatic rings.